The Morgan fingerprint density at radius 3 is 2.85 bits per heavy atom. The normalized spacial score (nSPS) is 10.8. The summed E-state index contributed by atoms with van der Waals surface area (Å²) in [5, 5.41) is 2.89. The molecule has 1 aromatic carbocycles. The second-order valence-electron chi connectivity index (χ2n) is 4.36. The summed E-state index contributed by atoms with van der Waals surface area (Å²) in [6.45, 7) is 2.02. The lowest BCUT2D eigenvalue weighted by Crippen LogP contribution is -1.85. The smallest absolute Gasteiger partial charge is 0.141 e. The zero-order valence-corrected chi connectivity index (χ0v) is 12.2. The molecule has 0 aliphatic carbocycles. The molecule has 3 rings (SSSR count). The fourth-order valence-electron chi connectivity index (χ4n) is 1.89. The molecule has 0 radical (unpaired) electrons. The Hall–Kier alpha value is -1.78. The second-order valence-corrected chi connectivity index (χ2v) is 5.62. The lowest BCUT2D eigenvalue weighted by Gasteiger charge is -2.01. The Morgan fingerprint density at radius 2 is 2.10 bits per heavy atom. The van der Waals surface area contributed by atoms with Crippen LogP contribution in [0.4, 0.5) is 4.39 Å². The van der Waals surface area contributed by atoms with Crippen molar-refractivity contribution in [2.24, 2.45) is 0 Å². The van der Waals surface area contributed by atoms with E-state index in [4.69, 9.17) is 11.6 Å². The van der Waals surface area contributed by atoms with Crippen LogP contribution in [0.15, 0.2) is 42.0 Å². The number of nitrogens with zero attached hydrogens (tertiary/aromatic N) is 2. The van der Waals surface area contributed by atoms with Crippen LogP contribution in [-0.4, -0.2) is 9.97 Å². The van der Waals surface area contributed by atoms with Crippen molar-refractivity contribution in [2.75, 3.05) is 0 Å². The zero-order chi connectivity index (χ0) is 14.1. The van der Waals surface area contributed by atoms with E-state index in [9.17, 15) is 4.39 Å². The Bertz CT molecular complexity index is 770. The maximum absolute atomic E-state index is 13.2. The van der Waals surface area contributed by atoms with Gasteiger partial charge < -0.3 is 0 Å². The number of pyridine rings is 1. The van der Waals surface area contributed by atoms with Crippen LogP contribution in [-0.2, 0) is 0 Å². The van der Waals surface area contributed by atoms with Gasteiger partial charge in [-0.25, -0.2) is 9.37 Å². The monoisotopic (exact) mass is 304 g/mol. The summed E-state index contributed by atoms with van der Waals surface area (Å²) in [6.07, 6.45) is 3.55. The van der Waals surface area contributed by atoms with E-state index in [1.165, 1.54) is 17.4 Å². The molecule has 0 bridgehead atoms. The van der Waals surface area contributed by atoms with Crippen molar-refractivity contribution in [1.82, 2.24) is 9.97 Å². The van der Waals surface area contributed by atoms with E-state index in [2.05, 4.69) is 9.97 Å². The van der Waals surface area contributed by atoms with Crippen LogP contribution in [0.3, 0.4) is 0 Å². The first-order valence-corrected chi connectivity index (χ1v) is 7.23. The summed E-state index contributed by atoms with van der Waals surface area (Å²) < 4.78 is 13.2. The average Bonchev–Trinajstić information content (AvgIpc) is 2.92. The van der Waals surface area contributed by atoms with Crippen LogP contribution in [0.25, 0.3) is 21.8 Å². The lowest BCUT2D eigenvalue weighted by molar-refractivity contribution is 0.628. The van der Waals surface area contributed by atoms with E-state index in [0.717, 1.165) is 27.4 Å². The summed E-state index contributed by atoms with van der Waals surface area (Å²) in [7, 11) is 0. The predicted molar refractivity (Wildman–Crippen MR) is 80.5 cm³/mol. The zero-order valence-electron chi connectivity index (χ0n) is 10.6. The molecule has 100 valence electrons. The third kappa shape index (κ3) is 2.44. The van der Waals surface area contributed by atoms with E-state index in [0.29, 0.717) is 0 Å². The van der Waals surface area contributed by atoms with Crippen molar-refractivity contribution < 1.29 is 4.39 Å². The van der Waals surface area contributed by atoms with Crippen molar-refractivity contribution in [3.8, 4) is 21.8 Å². The van der Waals surface area contributed by atoms with Crippen molar-refractivity contribution in [1.29, 1.82) is 0 Å². The number of halogens is 2. The number of aryl methyl sites for hydroxylation is 1. The van der Waals surface area contributed by atoms with Crippen molar-refractivity contribution in [2.45, 2.75) is 6.92 Å². The molecule has 0 saturated heterocycles. The molecule has 0 atom stereocenters. The lowest BCUT2D eigenvalue weighted by atomic mass is 10.1. The minimum Gasteiger partial charge on any atom is -0.264 e. The van der Waals surface area contributed by atoms with Gasteiger partial charge in [0.15, 0.2) is 0 Å². The Kier molecular flexibility index (Phi) is 3.51. The number of aromatic nitrogens is 2. The first-order chi connectivity index (χ1) is 9.65. The molecule has 2 aromatic heterocycles. The second kappa shape index (κ2) is 5.31. The van der Waals surface area contributed by atoms with E-state index in [1.807, 2.05) is 18.4 Å². The molecule has 20 heavy (non-hydrogen) atoms. The van der Waals surface area contributed by atoms with Gasteiger partial charge in [0, 0.05) is 28.9 Å². The summed E-state index contributed by atoms with van der Waals surface area (Å²) in [6, 6.07) is 6.58. The van der Waals surface area contributed by atoms with E-state index in [-0.39, 0.29) is 5.02 Å². The molecule has 0 N–H and O–H groups in total. The van der Waals surface area contributed by atoms with Crippen LogP contribution in [0.1, 0.15) is 5.56 Å². The molecule has 2 nitrogen and oxygen atoms in total. The van der Waals surface area contributed by atoms with Crippen molar-refractivity contribution in [3.05, 3.63) is 58.4 Å². The maximum atomic E-state index is 13.2. The van der Waals surface area contributed by atoms with Crippen LogP contribution in [0.2, 0.25) is 5.02 Å². The number of hydrogen-bond acceptors (Lipinski definition) is 3. The molecule has 0 aliphatic heterocycles. The molecule has 0 aliphatic rings. The average molecular weight is 305 g/mol. The molecular formula is C15H10ClFN2S. The minimum atomic E-state index is -0.421. The van der Waals surface area contributed by atoms with E-state index < -0.39 is 5.82 Å². The molecule has 0 unspecified atom stereocenters. The highest BCUT2D eigenvalue weighted by Gasteiger charge is 2.10. The standard InChI is InChI=1S/C15H10ClFN2S/c1-9-4-5-18-7-11(9)14-8-20-15(19-14)10-2-3-13(17)12(16)6-10/h2-8H,1H3. The molecule has 0 spiro atoms. The van der Waals surface area contributed by atoms with Gasteiger partial charge in [0.05, 0.1) is 10.7 Å². The third-order valence-electron chi connectivity index (χ3n) is 2.99. The van der Waals surface area contributed by atoms with Gasteiger partial charge in [-0.15, -0.1) is 11.3 Å². The minimum absolute atomic E-state index is 0.108. The molecule has 0 fully saturated rings. The molecular weight excluding hydrogens is 295 g/mol. The van der Waals surface area contributed by atoms with Crippen molar-refractivity contribution >= 4 is 22.9 Å². The number of rotatable bonds is 2. The van der Waals surface area contributed by atoms with Gasteiger partial charge in [0.2, 0.25) is 0 Å². The first-order valence-electron chi connectivity index (χ1n) is 5.97. The fourth-order valence-corrected chi connectivity index (χ4v) is 2.89. The summed E-state index contributed by atoms with van der Waals surface area (Å²) in [4.78, 5) is 8.70. The summed E-state index contributed by atoms with van der Waals surface area (Å²) >= 11 is 7.31. The van der Waals surface area contributed by atoms with Gasteiger partial charge in [0.1, 0.15) is 10.8 Å². The van der Waals surface area contributed by atoms with Gasteiger partial charge in [-0.3, -0.25) is 4.98 Å². The Morgan fingerprint density at radius 1 is 1.25 bits per heavy atom. The van der Waals surface area contributed by atoms with Gasteiger partial charge in [-0.1, -0.05) is 11.6 Å². The maximum Gasteiger partial charge on any atom is 0.141 e. The van der Waals surface area contributed by atoms with Gasteiger partial charge >= 0.3 is 0 Å². The number of hydrogen-bond donors (Lipinski definition) is 0. The number of benzene rings is 1. The molecule has 0 saturated carbocycles. The molecule has 0 amide bonds. The van der Waals surface area contributed by atoms with Gasteiger partial charge in [-0.05, 0) is 36.8 Å². The topological polar surface area (TPSA) is 25.8 Å². The van der Waals surface area contributed by atoms with Crippen LogP contribution in [0.5, 0.6) is 0 Å². The molecule has 2 heterocycles. The van der Waals surface area contributed by atoms with Gasteiger partial charge in [-0.2, -0.15) is 0 Å². The fraction of sp³-hybridized carbons (Fsp3) is 0.0667. The Labute approximate surface area is 124 Å². The number of thiazole rings is 1. The molecule has 5 heteroatoms. The van der Waals surface area contributed by atoms with Crippen LogP contribution in [0, 0.1) is 12.7 Å². The highest BCUT2D eigenvalue weighted by Crippen LogP contribution is 2.31. The SMILES string of the molecule is Cc1ccncc1-c1csc(-c2ccc(F)c(Cl)c2)n1. The van der Waals surface area contributed by atoms with E-state index in [1.54, 1.807) is 24.5 Å². The molecule has 3 aromatic rings. The highest BCUT2D eigenvalue weighted by molar-refractivity contribution is 7.13. The van der Waals surface area contributed by atoms with Crippen LogP contribution < -0.4 is 0 Å². The Balaban J connectivity index is 2.02. The quantitative estimate of drug-likeness (QED) is 0.668. The van der Waals surface area contributed by atoms with Gasteiger partial charge in [0.25, 0.3) is 0 Å². The van der Waals surface area contributed by atoms with E-state index >= 15 is 0 Å². The largest absolute Gasteiger partial charge is 0.264 e. The first kappa shape index (κ1) is 13.2. The predicted octanol–water partition coefficient (Wildman–Crippen LogP) is 4.97. The third-order valence-corrected chi connectivity index (χ3v) is 4.17. The van der Waals surface area contributed by atoms with Crippen LogP contribution >= 0.6 is 22.9 Å². The summed E-state index contributed by atoms with van der Waals surface area (Å²) in [5.74, 6) is -0.421. The summed E-state index contributed by atoms with van der Waals surface area (Å²) in [5.41, 5.74) is 3.81. The highest BCUT2D eigenvalue weighted by atomic mass is 35.5. The van der Waals surface area contributed by atoms with Crippen molar-refractivity contribution in [3.63, 3.8) is 0 Å².